The maximum Gasteiger partial charge on any atom is 0.422 e. The molecule has 0 bridgehead atoms. The van der Waals surface area contributed by atoms with Crippen molar-refractivity contribution in [1.29, 1.82) is 0 Å². The number of rotatable bonds is 6. The van der Waals surface area contributed by atoms with Crippen LogP contribution in [0.5, 0.6) is 0 Å². The van der Waals surface area contributed by atoms with Crippen molar-refractivity contribution in [3.05, 3.63) is 12.2 Å². The molecule has 0 aliphatic heterocycles. The molecule has 0 saturated heterocycles. The zero-order valence-corrected chi connectivity index (χ0v) is 9.97. The third-order valence-corrected chi connectivity index (χ3v) is 2.13. The lowest BCUT2D eigenvalue weighted by Gasteiger charge is -2.31. The lowest BCUT2D eigenvalue weighted by molar-refractivity contribution is -0.344. The fourth-order valence-corrected chi connectivity index (χ4v) is 0.831. The van der Waals surface area contributed by atoms with Crippen LogP contribution in [0.1, 0.15) is 0 Å². The second-order valence-electron chi connectivity index (χ2n) is 3.75. The summed E-state index contributed by atoms with van der Waals surface area (Å²) in [5, 5.41) is 0. The molecule has 0 aromatic heterocycles. The van der Waals surface area contributed by atoms with Gasteiger partial charge in [-0.3, -0.25) is 0 Å². The van der Waals surface area contributed by atoms with E-state index in [0.717, 1.165) is 0 Å². The lowest BCUT2D eigenvalue weighted by atomic mass is 10.1. The maximum absolute atomic E-state index is 12.8. The van der Waals surface area contributed by atoms with Gasteiger partial charge in [0.05, 0.1) is 0 Å². The fraction of sp³-hybridized carbons (Fsp3) is 0.667. The molecule has 0 aromatic carbocycles. The highest BCUT2D eigenvalue weighted by Gasteiger charge is 2.75. The van der Waals surface area contributed by atoms with E-state index in [0.29, 0.717) is 0 Å². The van der Waals surface area contributed by atoms with Crippen molar-refractivity contribution >= 4 is 5.97 Å². The smallest absolute Gasteiger partial charge is 0.422 e. The molecule has 0 aliphatic rings. The van der Waals surface area contributed by atoms with Gasteiger partial charge in [0, 0.05) is 0 Å². The molecule has 0 spiro atoms. The van der Waals surface area contributed by atoms with Crippen LogP contribution < -0.4 is 0 Å². The van der Waals surface area contributed by atoms with E-state index < -0.39 is 48.5 Å². The Morgan fingerprint density at radius 3 is 1.68 bits per heavy atom. The average molecular weight is 354 g/mol. The molecule has 0 heterocycles. The van der Waals surface area contributed by atoms with Crippen molar-refractivity contribution in [3.63, 3.8) is 0 Å². The molecule has 13 heteroatoms. The molecule has 22 heavy (non-hydrogen) atoms. The van der Waals surface area contributed by atoms with Crippen LogP contribution in [0.4, 0.5) is 48.3 Å². The molecular weight excluding hydrogens is 349 g/mol. The molecule has 0 fully saturated rings. The first kappa shape index (κ1) is 20.4. The van der Waals surface area contributed by atoms with E-state index in [2.05, 4.69) is 11.3 Å². The van der Waals surface area contributed by atoms with Gasteiger partial charge in [-0.15, -0.1) is 0 Å². The maximum atomic E-state index is 12.8. The van der Waals surface area contributed by atoms with Crippen LogP contribution in [0.3, 0.4) is 0 Å². The summed E-state index contributed by atoms with van der Waals surface area (Å²) < 4.78 is 138. The predicted octanol–water partition coefficient (Wildman–Crippen LogP) is 3.82. The van der Waals surface area contributed by atoms with Gasteiger partial charge in [0.15, 0.2) is 6.61 Å². The van der Waals surface area contributed by atoms with Crippen molar-refractivity contribution in [2.75, 3.05) is 6.61 Å². The van der Waals surface area contributed by atoms with Gasteiger partial charge in [0.1, 0.15) is 5.57 Å². The van der Waals surface area contributed by atoms with Gasteiger partial charge in [0.2, 0.25) is 0 Å². The number of halogens is 11. The first-order chi connectivity index (χ1) is 9.48. The summed E-state index contributed by atoms with van der Waals surface area (Å²) in [6, 6.07) is 0. The van der Waals surface area contributed by atoms with E-state index >= 15 is 0 Å². The van der Waals surface area contributed by atoms with E-state index in [9.17, 15) is 53.1 Å². The third-order valence-electron chi connectivity index (χ3n) is 2.13. The van der Waals surface area contributed by atoms with Crippen LogP contribution in [0.15, 0.2) is 12.2 Å². The second kappa shape index (κ2) is 5.91. The normalized spacial score (nSPS) is 14.2. The van der Waals surface area contributed by atoms with Crippen LogP contribution in [0, 0.1) is 0 Å². The van der Waals surface area contributed by atoms with E-state index in [-0.39, 0.29) is 0 Å². The van der Waals surface area contributed by atoms with Crippen molar-refractivity contribution in [1.82, 2.24) is 0 Å². The van der Waals surface area contributed by atoms with Crippen LogP contribution in [-0.4, -0.2) is 42.9 Å². The number of esters is 1. The van der Waals surface area contributed by atoms with E-state index in [1.165, 1.54) is 0 Å². The summed E-state index contributed by atoms with van der Waals surface area (Å²) in [4.78, 5) is 10.6. The van der Waals surface area contributed by atoms with Gasteiger partial charge in [-0.25, -0.2) is 13.6 Å². The van der Waals surface area contributed by atoms with Gasteiger partial charge in [-0.2, -0.15) is 39.5 Å². The number of carbonyl (C=O) groups is 1. The van der Waals surface area contributed by atoms with Crippen LogP contribution in [0.25, 0.3) is 0 Å². The molecule has 0 saturated carbocycles. The average Bonchev–Trinajstić information content (AvgIpc) is 2.33. The molecule has 0 aliphatic carbocycles. The third kappa shape index (κ3) is 3.80. The van der Waals surface area contributed by atoms with Crippen molar-refractivity contribution < 1.29 is 57.8 Å². The first-order valence-electron chi connectivity index (χ1n) is 4.83. The standard InChI is InChI=1S/C9H5F11O2/c1-3(8(16,17)18)4(21)22-2-6(12,13)9(19,20)7(14,15)5(10)11/h5H,1-2H2. The van der Waals surface area contributed by atoms with Gasteiger partial charge in [0.25, 0.3) is 0 Å². The summed E-state index contributed by atoms with van der Waals surface area (Å²) in [5.74, 6) is -21.9. The van der Waals surface area contributed by atoms with Crippen LogP contribution >= 0.6 is 0 Å². The van der Waals surface area contributed by atoms with Gasteiger partial charge in [-0.05, 0) is 0 Å². The Morgan fingerprint density at radius 1 is 0.955 bits per heavy atom. The minimum absolute atomic E-state index is 2.07. The number of carbonyl (C=O) groups excluding carboxylic acids is 1. The quantitative estimate of drug-likeness (QED) is 0.412. The molecule has 2 nitrogen and oxygen atoms in total. The Morgan fingerprint density at radius 2 is 1.36 bits per heavy atom. The number of alkyl halides is 11. The van der Waals surface area contributed by atoms with Crippen LogP contribution in [-0.2, 0) is 9.53 Å². The van der Waals surface area contributed by atoms with E-state index in [1.54, 1.807) is 0 Å². The molecular formula is C9H5F11O2. The Balaban J connectivity index is 5.13. The Hall–Kier alpha value is -1.56. The molecule has 0 unspecified atom stereocenters. The summed E-state index contributed by atoms with van der Waals surface area (Å²) in [5.41, 5.74) is -2.38. The largest absolute Gasteiger partial charge is 0.455 e. The molecule has 0 radical (unpaired) electrons. The van der Waals surface area contributed by atoms with E-state index in [4.69, 9.17) is 0 Å². The summed E-state index contributed by atoms with van der Waals surface area (Å²) in [7, 11) is 0. The van der Waals surface area contributed by atoms with E-state index in [1.807, 2.05) is 0 Å². The summed E-state index contributed by atoms with van der Waals surface area (Å²) >= 11 is 0. The monoisotopic (exact) mass is 354 g/mol. The van der Waals surface area contributed by atoms with Gasteiger partial charge >= 0.3 is 36.3 Å². The van der Waals surface area contributed by atoms with Gasteiger partial charge in [-0.1, -0.05) is 6.58 Å². The Labute approximate surface area is 114 Å². The summed E-state index contributed by atoms with van der Waals surface area (Å²) in [6.45, 7) is -0.924. The zero-order valence-electron chi connectivity index (χ0n) is 9.97. The topological polar surface area (TPSA) is 26.3 Å². The van der Waals surface area contributed by atoms with Crippen molar-refractivity contribution in [2.45, 2.75) is 30.4 Å². The van der Waals surface area contributed by atoms with Crippen LogP contribution in [0.2, 0.25) is 0 Å². The Kier molecular flexibility index (Phi) is 5.49. The zero-order chi connectivity index (χ0) is 18.1. The highest BCUT2D eigenvalue weighted by atomic mass is 19.4. The van der Waals surface area contributed by atoms with Gasteiger partial charge < -0.3 is 4.74 Å². The molecule has 130 valence electrons. The number of hydrogen-bond donors (Lipinski definition) is 0. The molecule has 0 aromatic rings. The van der Waals surface area contributed by atoms with Crippen molar-refractivity contribution in [2.24, 2.45) is 0 Å². The second-order valence-corrected chi connectivity index (χ2v) is 3.75. The molecule has 0 atom stereocenters. The number of ether oxygens (including phenoxy) is 1. The number of hydrogen-bond acceptors (Lipinski definition) is 2. The fourth-order valence-electron chi connectivity index (χ4n) is 0.831. The van der Waals surface area contributed by atoms with Crippen molar-refractivity contribution in [3.8, 4) is 0 Å². The molecule has 0 amide bonds. The summed E-state index contributed by atoms with van der Waals surface area (Å²) in [6.07, 6.45) is -10.7. The highest BCUT2D eigenvalue weighted by molar-refractivity contribution is 5.89. The molecule has 0 N–H and O–H groups in total. The predicted molar refractivity (Wildman–Crippen MR) is 47.0 cm³/mol. The first-order valence-corrected chi connectivity index (χ1v) is 4.83. The lowest BCUT2D eigenvalue weighted by Crippen LogP contribution is -2.59. The molecule has 0 rings (SSSR count). The minimum Gasteiger partial charge on any atom is -0.455 e. The Bertz CT molecular complexity index is 437. The SMILES string of the molecule is C=C(C(=O)OCC(F)(F)C(F)(F)C(F)(F)C(F)F)C(F)(F)F. The minimum atomic E-state index is -6.69. The highest BCUT2D eigenvalue weighted by Crippen LogP contribution is 2.48.